The van der Waals surface area contributed by atoms with Crippen LogP contribution in [-0.4, -0.2) is 64.0 Å². The van der Waals surface area contributed by atoms with E-state index in [-0.39, 0.29) is 23.8 Å². The van der Waals surface area contributed by atoms with Crippen LogP contribution in [0.4, 0.5) is 0 Å². The Morgan fingerprint density at radius 1 is 0.971 bits per heavy atom. The minimum absolute atomic E-state index is 0.0360. The Morgan fingerprint density at radius 2 is 1.71 bits per heavy atom. The monoisotopic (exact) mass is 459 g/mol. The van der Waals surface area contributed by atoms with Crippen molar-refractivity contribution in [3.05, 3.63) is 82.7 Å². The number of aromatic nitrogens is 2. The normalized spacial score (nSPS) is 15.8. The molecule has 1 aliphatic heterocycles. The minimum Gasteiger partial charge on any atom is -0.355 e. The molecule has 2 heterocycles. The molecule has 176 valence electrons. The van der Waals surface area contributed by atoms with E-state index < -0.39 is 0 Å². The molecule has 0 aliphatic carbocycles. The van der Waals surface area contributed by atoms with Gasteiger partial charge in [-0.15, -0.1) is 0 Å². The Morgan fingerprint density at radius 3 is 2.38 bits per heavy atom. The number of piperazine rings is 1. The second-order valence-electron chi connectivity index (χ2n) is 8.57. The average Bonchev–Trinajstić information content (AvgIpc) is 3.20. The van der Waals surface area contributed by atoms with Crippen LogP contribution in [-0.2, 0) is 4.79 Å². The van der Waals surface area contributed by atoms with Crippen LogP contribution < -0.4 is 5.32 Å². The first-order valence-corrected chi connectivity index (χ1v) is 11.3. The molecule has 2 aromatic carbocycles. The van der Waals surface area contributed by atoms with Crippen molar-refractivity contribution >= 4 is 17.7 Å². The number of carbonyl (C=O) groups is 3. The second-order valence-corrected chi connectivity index (χ2v) is 8.57. The summed E-state index contributed by atoms with van der Waals surface area (Å²) in [5, 5.41) is 7.16. The summed E-state index contributed by atoms with van der Waals surface area (Å²) < 4.78 is 1.82. The molecule has 8 nitrogen and oxygen atoms in total. The molecule has 1 atom stereocenters. The summed E-state index contributed by atoms with van der Waals surface area (Å²) in [6.07, 6.45) is 0. The number of aryl methyl sites for hydroxylation is 2. The molecule has 0 saturated carbocycles. The van der Waals surface area contributed by atoms with Gasteiger partial charge in [0.1, 0.15) is 0 Å². The van der Waals surface area contributed by atoms with Gasteiger partial charge in [-0.2, -0.15) is 5.10 Å². The Kier molecular flexibility index (Phi) is 6.49. The number of benzene rings is 2. The third kappa shape index (κ3) is 4.57. The van der Waals surface area contributed by atoms with Crippen molar-refractivity contribution in [1.29, 1.82) is 0 Å². The summed E-state index contributed by atoms with van der Waals surface area (Å²) in [5.74, 6) is -0.357. The highest BCUT2D eigenvalue weighted by Gasteiger charge is 2.33. The topological polar surface area (TPSA) is 87.5 Å². The fourth-order valence-electron chi connectivity index (χ4n) is 4.46. The van der Waals surface area contributed by atoms with Crippen LogP contribution in [0.25, 0.3) is 5.69 Å². The first-order chi connectivity index (χ1) is 16.3. The number of rotatable bonds is 4. The number of hydrogen-bond acceptors (Lipinski definition) is 4. The van der Waals surface area contributed by atoms with E-state index in [1.54, 1.807) is 41.1 Å². The van der Waals surface area contributed by atoms with Gasteiger partial charge in [0.15, 0.2) is 0 Å². The van der Waals surface area contributed by atoms with Gasteiger partial charge in [-0.25, -0.2) is 4.68 Å². The maximum atomic E-state index is 13.7. The van der Waals surface area contributed by atoms with Gasteiger partial charge in [0.2, 0.25) is 5.91 Å². The molecule has 0 spiro atoms. The number of amides is 3. The summed E-state index contributed by atoms with van der Waals surface area (Å²) in [7, 11) is 1.58. The van der Waals surface area contributed by atoms with Crippen molar-refractivity contribution in [2.75, 3.05) is 26.7 Å². The lowest BCUT2D eigenvalue weighted by Gasteiger charge is -2.41. The van der Waals surface area contributed by atoms with Crippen LogP contribution in [0.1, 0.15) is 50.6 Å². The van der Waals surface area contributed by atoms with Gasteiger partial charge < -0.3 is 15.1 Å². The van der Waals surface area contributed by atoms with Crippen molar-refractivity contribution in [2.45, 2.75) is 26.8 Å². The van der Waals surface area contributed by atoms with Crippen molar-refractivity contribution in [3.63, 3.8) is 0 Å². The molecular weight excluding hydrogens is 430 g/mol. The van der Waals surface area contributed by atoms with Crippen molar-refractivity contribution in [3.8, 4) is 5.69 Å². The van der Waals surface area contributed by atoms with Crippen molar-refractivity contribution in [2.24, 2.45) is 0 Å². The predicted octanol–water partition coefficient (Wildman–Crippen LogP) is 2.89. The SMILES string of the molecule is CNC(=O)c1cccc([C@@H]2CN(C(C)=O)CCN2C(=O)c2cccc(-n3nc(C)cc3C)c2)c1. The third-order valence-electron chi connectivity index (χ3n) is 6.19. The fraction of sp³-hybridized carbons (Fsp3) is 0.308. The van der Waals surface area contributed by atoms with Crippen LogP contribution in [0, 0.1) is 13.8 Å². The lowest BCUT2D eigenvalue weighted by atomic mass is 9.98. The second kappa shape index (κ2) is 9.51. The lowest BCUT2D eigenvalue weighted by molar-refractivity contribution is -0.131. The first kappa shape index (κ1) is 23.2. The van der Waals surface area contributed by atoms with Crippen LogP contribution in [0.15, 0.2) is 54.6 Å². The van der Waals surface area contributed by atoms with Crippen LogP contribution in [0.3, 0.4) is 0 Å². The summed E-state index contributed by atoms with van der Waals surface area (Å²) in [5.41, 5.74) is 4.59. The fourth-order valence-corrected chi connectivity index (χ4v) is 4.46. The zero-order chi connectivity index (χ0) is 24.4. The summed E-state index contributed by atoms with van der Waals surface area (Å²) in [4.78, 5) is 41.6. The highest BCUT2D eigenvalue weighted by molar-refractivity contribution is 5.96. The quantitative estimate of drug-likeness (QED) is 0.650. The van der Waals surface area contributed by atoms with Crippen molar-refractivity contribution < 1.29 is 14.4 Å². The number of nitrogens with one attached hydrogen (secondary N) is 1. The van der Waals surface area contributed by atoms with Gasteiger partial charge in [0, 0.05) is 50.4 Å². The van der Waals surface area contributed by atoms with E-state index in [1.165, 1.54) is 6.92 Å². The van der Waals surface area contributed by atoms with Gasteiger partial charge in [0.05, 0.1) is 17.4 Å². The molecule has 0 radical (unpaired) electrons. The largest absolute Gasteiger partial charge is 0.355 e. The summed E-state index contributed by atoms with van der Waals surface area (Å²) >= 11 is 0. The maximum Gasteiger partial charge on any atom is 0.254 e. The number of carbonyl (C=O) groups excluding carboxylic acids is 3. The summed E-state index contributed by atoms with van der Waals surface area (Å²) in [6.45, 7) is 6.68. The molecule has 1 N–H and O–H groups in total. The number of nitrogens with zero attached hydrogens (tertiary/aromatic N) is 4. The molecule has 4 rings (SSSR count). The summed E-state index contributed by atoms with van der Waals surface area (Å²) in [6, 6.07) is 16.3. The van der Waals surface area contributed by atoms with Gasteiger partial charge >= 0.3 is 0 Å². The van der Waals surface area contributed by atoms with Gasteiger partial charge in [0.25, 0.3) is 11.8 Å². The highest BCUT2D eigenvalue weighted by atomic mass is 16.2. The molecule has 3 amide bonds. The highest BCUT2D eigenvalue weighted by Crippen LogP contribution is 2.28. The zero-order valence-electron chi connectivity index (χ0n) is 19.9. The van der Waals surface area contributed by atoms with Gasteiger partial charge in [-0.3, -0.25) is 14.4 Å². The van der Waals surface area contributed by atoms with Crippen LogP contribution in [0.5, 0.6) is 0 Å². The molecule has 1 aromatic heterocycles. The predicted molar refractivity (Wildman–Crippen MR) is 129 cm³/mol. The van der Waals surface area contributed by atoms with E-state index in [1.807, 2.05) is 48.9 Å². The molecular formula is C26H29N5O3. The third-order valence-corrected chi connectivity index (χ3v) is 6.19. The Balaban J connectivity index is 1.69. The van der Waals surface area contributed by atoms with E-state index in [9.17, 15) is 14.4 Å². The molecule has 8 heteroatoms. The molecule has 3 aromatic rings. The smallest absolute Gasteiger partial charge is 0.254 e. The number of hydrogen-bond donors (Lipinski definition) is 1. The minimum atomic E-state index is -0.368. The Hall–Kier alpha value is -3.94. The van der Waals surface area contributed by atoms with E-state index >= 15 is 0 Å². The van der Waals surface area contributed by atoms with Crippen LogP contribution >= 0.6 is 0 Å². The molecule has 1 saturated heterocycles. The maximum absolute atomic E-state index is 13.7. The van der Waals surface area contributed by atoms with Crippen LogP contribution in [0.2, 0.25) is 0 Å². The van der Waals surface area contributed by atoms with E-state index in [2.05, 4.69) is 10.4 Å². The molecule has 0 unspecified atom stereocenters. The molecule has 1 aliphatic rings. The Labute approximate surface area is 199 Å². The zero-order valence-corrected chi connectivity index (χ0v) is 19.9. The van der Waals surface area contributed by atoms with E-state index in [4.69, 9.17) is 0 Å². The molecule has 0 bridgehead atoms. The Bertz CT molecular complexity index is 1250. The lowest BCUT2D eigenvalue weighted by Crippen LogP contribution is -2.52. The van der Waals surface area contributed by atoms with Crippen molar-refractivity contribution in [1.82, 2.24) is 24.9 Å². The van der Waals surface area contributed by atoms with E-state index in [0.717, 1.165) is 22.6 Å². The van der Waals surface area contributed by atoms with E-state index in [0.29, 0.717) is 30.8 Å². The first-order valence-electron chi connectivity index (χ1n) is 11.3. The molecule has 34 heavy (non-hydrogen) atoms. The standard InChI is InChI=1S/C26H29N5O3/c1-17-13-18(2)31(28-17)23-10-6-9-22(15-23)26(34)30-12-11-29(19(3)32)16-24(30)20-7-5-8-21(14-20)25(33)27-4/h5-10,13-15,24H,11-12,16H2,1-4H3,(H,27,33)/t24-/m0/s1. The molecule has 1 fully saturated rings. The average molecular weight is 460 g/mol. The van der Waals surface area contributed by atoms with Gasteiger partial charge in [-0.05, 0) is 55.8 Å². The van der Waals surface area contributed by atoms with Gasteiger partial charge in [-0.1, -0.05) is 18.2 Å².